The second kappa shape index (κ2) is 9.33. The lowest BCUT2D eigenvalue weighted by Gasteiger charge is -2.23. The van der Waals surface area contributed by atoms with Crippen molar-refractivity contribution in [3.05, 3.63) is 59.6 Å². The van der Waals surface area contributed by atoms with Crippen LogP contribution in [0.25, 0.3) is 0 Å². The molecule has 0 N–H and O–H groups in total. The fourth-order valence-corrected chi connectivity index (χ4v) is 2.66. The van der Waals surface area contributed by atoms with Crippen LogP contribution in [0, 0.1) is 0 Å². The molecule has 0 heterocycles. The van der Waals surface area contributed by atoms with Crippen molar-refractivity contribution in [1.82, 2.24) is 0 Å². The fourth-order valence-electron chi connectivity index (χ4n) is 1.88. The van der Waals surface area contributed by atoms with Gasteiger partial charge in [0.25, 0.3) is 0 Å². The topological polar surface area (TPSA) is 15.6 Å². The number of nitrogens with zero attached hydrogens (tertiary/aromatic N) is 2. The van der Waals surface area contributed by atoms with E-state index in [4.69, 9.17) is 16.6 Å². The minimum Gasteiger partial charge on any atom is -0.321 e. The van der Waals surface area contributed by atoms with E-state index in [1.54, 1.807) is 11.8 Å². The van der Waals surface area contributed by atoms with E-state index in [0.29, 0.717) is 0 Å². The van der Waals surface area contributed by atoms with Crippen LogP contribution in [0.3, 0.4) is 0 Å². The van der Waals surface area contributed by atoms with Gasteiger partial charge in [-0.2, -0.15) is 0 Å². The molecular formula is C16H18ClIN2S. The third kappa shape index (κ3) is 5.20. The molecule has 0 amide bonds. The lowest BCUT2D eigenvalue weighted by atomic mass is 10.3. The summed E-state index contributed by atoms with van der Waals surface area (Å²) in [6, 6.07) is 17.9. The molecule has 0 aliphatic carbocycles. The van der Waals surface area contributed by atoms with Gasteiger partial charge in [-0.25, -0.2) is 4.99 Å². The molecule has 0 saturated carbocycles. The number of aliphatic imine (C=N–C) groups is 1. The average molecular weight is 433 g/mol. The second-order valence-corrected chi connectivity index (χ2v) is 5.36. The van der Waals surface area contributed by atoms with E-state index in [1.165, 1.54) is 0 Å². The molecule has 0 unspecified atom stereocenters. The maximum absolute atomic E-state index is 5.90. The van der Waals surface area contributed by atoms with E-state index in [1.807, 2.05) is 48.7 Å². The molecule has 0 radical (unpaired) electrons. The number of anilines is 1. The molecule has 112 valence electrons. The molecular weight excluding hydrogens is 415 g/mol. The van der Waals surface area contributed by atoms with Crippen LogP contribution < -0.4 is 4.90 Å². The van der Waals surface area contributed by atoms with Crippen LogP contribution in [0.5, 0.6) is 0 Å². The standard InChI is InChI=1S/C16H17ClN2S.HI/c1-3-19(15-7-5-4-6-8-15)16(20-2)18-14-11-9-13(17)10-12-14;/h4-12H,3H2,1-2H3;1H. The van der Waals surface area contributed by atoms with Gasteiger partial charge in [-0.1, -0.05) is 41.6 Å². The number of rotatable bonds is 3. The second-order valence-electron chi connectivity index (χ2n) is 4.15. The monoisotopic (exact) mass is 432 g/mol. The maximum atomic E-state index is 5.90. The Morgan fingerprint density at radius 3 is 2.24 bits per heavy atom. The number of amidine groups is 1. The van der Waals surface area contributed by atoms with E-state index in [2.05, 4.69) is 24.0 Å². The summed E-state index contributed by atoms with van der Waals surface area (Å²) in [5.74, 6) is 0. The van der Waals surface area contributed by atoms with Crippen molar-refractivity contribution < 1.29 is 0 Å². The van der Waals surface area contributed by atoms with Crippen LogP contribution in [0.2, 0.25) is 5.02 Å². The van der Waals surface area contributed by atoms with Crippen molar-refractivity contribution >= 4 is 63.9 Å². The summed E-state index contributed by atoms with van der Waals surface area (Å²) in [6.07, 6.45) is 2.04. The van der Waals surface area contributed by atoms with Gasteiger partial charge in [0.1, 0.15) is 0 Å². The SMILES string of the molecule is CCN(C(=Nc1ccc(Cl)cc1)SC)c1ccccc1.I. The Bertz CT molecular complexity index is 573. The average Bonchev–Trinajstić information content (AvgIpc) is 2.50. The first-order valence-electron chi connectivity index (χ1n) is 6.45. The molecule has 2 rings (SSSR count). The number of benzene rings is 2. The van der Waals surface area contributed by atoms with Gasteiger partial charge < -0.3 is 4.90 Å². The summed E-state index contributed by atoms with van der Waals surface area (Å²) in [7, 11) is 0. The van der Waals surface area contributed by atoms with Crippen molar-refractivity contribution in [2.45, 2.75) is 6.92 Å². The minimum atomic E-state index is 0. The van der Waals surface area contributed by atoms with Gasteiger partial charge >= 0.3 is 0 Å². The van der Waals surface area contributed by atoms with E-state index >= 15 is 0 Å². The summed E-state index contributed by atoms with van der Waals surface area (Å²) in [5.41, 5.74) is 2.06. The summed E-state index contributed by atoms with van der Waals surface area (Å²) >= 11 is 7.54. The summed E-state index contributed by atoms with van der Waals surface area (Å²) in [6.45, 7) is 3.00. The number of hydrogen-bond donors (Lipinski definition) is 0. The normalized spacial score (nSPS) is 10.9. The van der Waals surface area contributed by atoms with E-state index < -0.39 is 0 Å². The van der Waals surface area contributed by atoms with Crippen LogP contribution in [0.4, 0.5) is 11.4 Å². The van der Waals surface area contributed by atoms with Gasteiger partial charge in [0.05, 0.1) is 5.69 Å². The quantitative estimate of drug-likeness (QED) is 0.344. The Hall–Kier alpha value is -0.720. The van der Waals surface area contributed by atoms with Crippen LogP contribution in [-0.4, -0.2) is 18.0 Å². The summed E-state index contributed by atoms with van der Waals surface area (Å²) in [5, 5.41) is 1.70. The van der Waals surface area contributed by atoms with Crippen LogP contribution >= 0.6 is 47.3 Å². The van der Waals surface area contributed by atoms with E-state index in [-0.39, 0.29) is 24.0 Å². The molecule has 2 aromatic rings. The van der Waals surface area contributed by atoms with Crippen LogP contribution in [0.15, 0.2) is 59.6 Å². The van der Waals surface area contributed by atoms with E-state index in [0.717, 1.165) is 28.1 Å². The predicted molar refractivity (Wildman–Crippen MR) is 107 cm³/mol. The number of thioether (sulfide) groups is 1. The molecule has 0 aliphatic heterocycles. The van der Waals surface area contributed by atoms with Crippen LogP contribution in [0.1, 0.15) is 6.92 Å². The van der Waals surface area contributed by atoms with Gasteiger partial charge in [0, 0.05) is 17.3 Å². The Morgan fingerprint density at radius 2 is 1.71 bits per heavy atom. The lowest BCUT2D eigenvalue weighted by Crippen LogP contribution is -2.27. The van der Waals surface area contributed by atoms with Gasteiger partial charge in [0.15, 0.2) is 5.17 Å². The van der Waals surface area contributed by atoms with Gasteiger partial charge in [-0.3, -0.25) is 0 Å². The fraction of sp³-hybridized carbons (Fsp3) is 0.188. The Labute approximate surface area is 152 Å². The Balaban J connectivity index is 0.00000220. The van der Waals surface area contributed by atoms with Gasteiger partial charge in [-0.05, 0) is 49.6 Å². The van der Waals surface area contributed by atoms with Crippen molar-refractivity contribution in [2.75, 3.05) is 17.7 Å². The first-order valence-corrected chi connectivity index (χ1v) is 8.05. The van der Waals surface area contributed by atoms with Crippen molar-refractivity contribution in [1.29, 1.82) is 0 Å². The molecule has 0 aliphatic rings. The molecule has 0 spiro atoms. The molecule has 0 atom stereocenters. The van der Waals surface area contributed by atoms with Crippen LogP contribution in [-0.2, 0) is 0 Å². The van der Waals surface area contributed by atoms with Gasteiger partial charge in [-0.15, -0.1) is 24.0 Å². The zero-order valence-electron chi connectivity index (χ0n) is 12.0. The number of para-hydroxylation sites is 1. The largest absolute Gasteiger partial charge is 0.321 e. The minimum absolute atomic E-state index is 0. The molecule has 0 saturated heterocycles. The third-order valence-corrected chi connectivity index (χ3v) is 3.78. The first-order chi connectivity index (χ1) is 9.74. The lowest BCUT2D eigenvalue weighted by molar-refractivity contribution is 1.07. The van der Waals surface area contributed by atoms with Gasteiger partial charge in [0.2, 0.25) is 0 Å². The molecule has 2 nitrogen and oxygen atoms in total. The molecule has 0 fully saturated rings. The summed E-state index contributed by atoms with van der Waals surface area (Å²) in [4.78, 5) is 6.91. The molecule has 2 aromatic carbocycles. The van der Waals surface area contributed by atoms with Crippen molar-refractivity contribution in [2.24, 2.45) is 4.99 Å². The molecule has 0 aromatic heterocycles. The molecule has 0 bridgehead atoms. The van der Waals surface area contributed by atoms with Crippen molar-refractivity contribution in [3.63, 3.8) is 0 Å². The zero-order valence-corrected chi connectivity index (χ0v) is 15.9. The highest BCUT2D eigenvalue weighted by atomic mass is 127. The Morgan fingerprint density at radius 1 is 1.10 bits per heavy atom. The smallest absolute Gasteiger partial charge is 0.168 e. The summed E-state index contributed by atoms with van der Waals surface area (Å²) < 4.78 is 0. The molecule has 5 heteroatoms. The maximum Gasteiger partial charge on any atom is 0.168 e. The highest BCUT2D eigenvalue weighted by Gasteiger charge is 2.10. The number of halogens is 2. The first kappa shape index (κ1) is 18.3. The Kier molecular flexibility index (Phi) is 8.14. The molecule has 21 heavy (non-hydrogen) atoms. The van der Waals surface area contributed by atoms with E-state index in [9.17, 15) is 0 Å². The highest BCUT2D eigenvalue weighted by Crippen LogP contribution is 2.22. The number of hydrogen-bond acceptors (Lipinski definition) is 2. The third-order valence-electron chi connectivity index (χ3n) is 2.85. The van der Waals surface area contributed by atoms with Crippen molar-refractivity contribution in [3.8, 4) is 0 Å². The highest BCUT2D eigenvalue weighted by molar-refractivity contribution is 14.0. The predicted octanol–water partition coefficient (Wildman–Crippen LogP) is 5.84. The zero-order chi connectivity index (χ0) is 14.4.